The molecule has 1 aromatic heterocycles. The smallest absolute Gasteiger partial charge is 0.319 e. The molecule has 0 unspecified atom stereocenters. The second-order valence-corrected chi connectivity index (χ2v) is 4.60. The van der Waals surface area contributed by atoms with Gasteiger partial charge in [0.1, 0.15) is 11.6 Å². The van der Waals surface area contributed by atoms with E-state index < -0.39 is 0 Å². The molecule has 0 radical (unpaired) electrons. The van der Waals surface area contributed by atoms with Crippen LogP contribution in [0.2, 0.25) is 0 Å². The van der Waals surface area contributed by atoms with Crippen LogP contribution in [0.1, 0.15) is 5.69 Å². The van der Waals surface area contributed by atoms with Gasteiger partial charge in [-0.25, -0.2) is 4.79 Å². The maximum absolute atomic E-state index is 11.7. The van der Waals surface area contributed by atoms with Gasteiger partial charge in [0.15, 0.2) is 0 Å². The molecule has 0 bridgehead atoms. The average molecular weight is 301 g/mol. The van der Waals surface area contributed by atoms with Gasteiger partial charge in [0, 0.05) is 18.8 Å². The number of benzene rings is 1. The van der Waals surface area contributed by atoms with E-state index in [9.17, 15) is 4.79 Å². The van der Waals surface area contributed by atoms with Gasteiger partial charge in [-0.05, 0) is 43.3 Å². The molecule has 1 heterocycles. The van der Waals surface area contributed by atoms with Crippen molar-refractivity contribution in [1.82, 2.24) is 15.5 Å². The molecule has 0 atom stereocenters. The summed E-state index contributed by atoms with van der Waals surface area (Å²) in [7, 11) is 1.60. The molecule has 0 fully saturated rings. The van der Waals surface area contributed by atoms with Crippen LogP contribution < -0.4 is 20.7 Å². The number of nitrogens with one attached hydrogen (secondary N) is 3. The van der Waals surface area contributed by atoms with E-state index in [0.717, 1.165) is 11.4 Å². The summed E-state index contributed by atoms with van der Waals surface area (Å²) in [5.74, 6) is 1.43. The Kier molecular flexibility index (Phi) is 5.53. The van der Waals surface area contributed by atoms with Crippen molar-refractivity contribution in [2.24, 2.45) is 0 Å². The third kappa shape index (κ3) is 4.93. The van der Waals surface area contributed by atoms with Gasteiger partial charge in [0.2, 0.25) is 0 Å². The zero-order chi connectivity index (χ0) is 15.8. The van der Waals surface area contributed by atoms with Crippen LogP contribution in [0.5, 0.6) is 5.75 Å². The minimum absolute atomic E-state index is 0.262. The zero-order valence-electron chi connectivity index (χ0n) is 12.6. The lowest BCUT2D eigenvalue weighted by atomic mass is 10.3. The molecule has 2 amide bonds. The fourth-order valence-corrected chi connectivity index (χ4v) is 1.71. The highest BCUT2D eigenvalue weighted by Gasteiger charge is 2.01. The number of methoxy groups -OCH3 is 1. The van der Waals surface area contributed by atoms with Crippen molar-refractivity contribution in [2.75, 3.05) is 30.8 Å². The molecule has 116 valence electrons. The Hall–Kier alpha value is -2.83. The van der Waals surface area contributed by atoms with Gasteiger partial charge in [0.25, 0.3) is 0 Å². The number of amides is 2. The number of hydrogen-bond acceptors (Lipinski definition) is 5. The molecule has 0 aliphatic heterocycles. The third-order valence-electron chi connectivity index (χ3n) is 2.86. The summed E-state index contributed by atoms with van der Waals surface area (Å²) >= 11 is 0. The Balaban J connectivity index is 1.67. The second-order valence-electron chi connectivity index (χ2n) is 4.60. The van der Waals surface area contributed by atoms with Crippen molar-refractivity contribution in [2.45, 2.75) is 6.92 Å². The van der Waals surface area contributed by atoms with Crippen LogP contribution in [0, 0.1) is 6.92 Å². The lowest BCUT2D eigenvalue weighted by Gasteiger charge is -2.09. The first kappa shape index (κ1) is 15.6. The predicted octanol–water partition coefficient (Wildman–Crippen LogP) is 2.03. The molecule has 0 spiro atoms. The van der Waals surface area contributed by atoms with E-state index in [-0.39, 0.29) is 6.03 Å². The molecule has 0 aliphatic carbocycles. The quantitative estimate of drug-likeness (QED) is 0.711. The highest BCUT2D eigenvalue weighted by molar-refractivity contribution is 5.89. The summed E-state index contributed by atoms with van der Waals surface area (Å²) in [6.07, 6.45) is 0. The van der Waals surface area contributed by atoms with Crippen LogP contribution in [0.4, 0.5) is 16.3 Å². The number of carbonyl (C=O) groups excluding carboxylic acids is 1. The molecule has 0 saturated carbocycles. The lowest BCUT2D eigenvalue weighted by molar-refractivity contribution is 0.252. The second kappa shape index (κ2) is 7.82. The van der Waals surface area contributed by atoms with Gasteiger partial charge >= 0.3 is 6.03 Å². The SMILES string of the molecule is COc1ccc(NC(=O)NCCNc2ccc(C)nn2)cc1. The first-order valence-corrected chi connectivity index (χ1v) is 6.90. The number of hydrogen-bond donors (Lipinski definition) is 3. The summed E-state index contributed by atoms with van der Waals surface area (Å²) in [6, 6.07) is 10.6. The minimum atomic E-state index is -0.262. The Morgan fingerprint density at radius 1 is 1.09 bits per heavy atom. The molecule has 7 nitrogen and oxygen atoms in total. The molecule has 1 aromatic carbocycles. The highest BCUT2D eigenvalue weighted by atomic mass is 16.5. The Bertz CT molecular complexity index is 598. The van der Waals surface area contributed by atoms with Crippen LogP contribution >= 0.6 is 0 Å². The number of anilines is 2. The number of carbonyl (C=O) groups is 1. The van der Waals surface area contributed by atoms with Crippen LogP contribution in [0.3, 0.4) is 0 Å². The van der Waals surface area contributed by atoms with E-state index in [4.69, 9.17) is 4.74 Å². The lowest BCUT2D eigenvalue weighted by Crippen LogP contribution is -2.32. The fourth-order valence-electron chi connectivity index (χ4n) is 1.71. The van der Waals surface area contributed by atoms with Crippen LogP contribution in [-0.4, -0.2) is 36.4 Å². The summed E-state index contributed by atoms with van der Waals surface area (Å²) in [5, 5.41) is 16.5. The van der Waals surface area contributed by atoms with E-state index >= 15 is 0 Å². The van der Waals surface area contributed by atoms with Crippen molar-refractivity contribution in [1.29, 1.82) is 0 Å². The van der Waals surface area contributed by atoms with E-state index in [1.54, 1.807) is 31.4 Å². The maximum atomic E-state index is 11.7. The molecular formula is C15H19N5O2. The van der Waals surface area contributed by atoms with Crippen molar-refractivity contribution < 1.29 is 9.53 Å². The van der Waals surface area contributed by atoms with E-state index in [0.29, 0.717) is 24.6 Å². The number of aromatic nitrogens is 2. The number of rotatable bonds is 6. The largest absolute Gasteiger partial charge is 0.497 e. The minimum Gasteiger partial charge on any atom is -0.497 e. The zero-order valence-corrected chi connectivity index (χ0v) is 12.6. The van der Waals surface area contributed by atoms with Gasteiger partial charge in [0.05, 0.1) is 12.8 Å². The normalized spacial score (nSPS) is 9.91. The first-order chi connectivity index (χ1) is 10.7. The molecule has 0 saturated heterocycles. The van der Waals surface area contributed by atoms with Crippen LogP contribution in [0.25, 0.3) is 0 Å². The monoisotopic (exact) mass is 301 g/mol. The highest BCUT2D eigenvalue weighted by Crippen LogP contribution is 2.14. The van der Waals surface area contributed by atoms with E-state index in [2.05, 4.69) is 26.1 Å². The van der Waals surface area contributed by atoms with Crippen molar-refractivity contribution in [3.8, 4) is 5.75 Å². The molecule has 2 rings (SSSR count). The molecule has 3 N–H and O–H groups in total. The van der Waals surface area contributed by atoms with Gasteiger partial charge < -0.3 is 20.7 Å². The van der Waals surface area contributed by atoms with Crippen molar-refractivity contribution >= 4 is 17.5 Å². The molecule has 7 heteroatoms. The standard InChI is InChI=1S/C15H19N5O2/c1-11-3-8-14(20-19-11)16-9-10-17-15(21)18-12-4-6-13(22-2)7-5-12/h3-8H,9-10H2,1-2H3,(H,16,20)(H2,17,18,21). The van der Waals surface area contributed by atoms with E-state index in [1.807, 2.05) is 19.1 Å². The van der Waals surface area contributed by atoms with E-state index in [1.165, 1.54) is 0 Å². The Morgan fingerprint density at radius 2 is 1.86 bits per heavy atom. The molecular weight excluding hydrogens is 282 g/mol. The van der Waals surface area contributed by atoms with Crippen molar-refractivity contribution in [3.63, 3.8) is 0 Å². The molecule has 0 aliphatic rings. The topological polar surface area (TPSA) is 88.2 Å². The van der Waals surface area contributed by atoms with Crippen LogP contribution in [0.15, 0.2) is 36.4 Å². The van der Waals surface area contributed by atoms with Crippen molar-refractivity contribution in [3.05, 3.63) is 42.1 Å². The number of ether oxygens (including phenoxy) is 1. The number of aryl methyl sites for hydroxylation is 1. The summed E-state index contributed by atoms with van der Waals surface area (Å²) in [6.45, 7) is 2.91. The maximum Gasteiger partial charge on any atom is 0.319 e. The summed E-state index contributed by atoms with van der Waals surface area (Å²) < 4.78 is 5.06. The summed E-state index contributed by atoms with van der Waals surface area (Å²) in [5.41, 5.74) is 1.57. The predicted molar refractivity (Wildman–Crippen MR) is 85.3 cm³/mol. The fraction of sp³-hybridized carbons (Fsp3) is 0.267. The number of urea groups is 1. The Morgan fingerprint density at radius 3 is 2.50 bits per heavy atom. The molecule has 22 heavy (non-hydrogen) atoms. The van der Waals surface area contributed by atoms with Gasteiger partial charge in [-0.1, -0.05) is 0 Å². The van der Waals surface area contributed by atoms with Gasteiger partial charge in [-0.3, -0.25) is 0 Å². The van der Waals surface area contributed by atoms with Gasteiger partial charge in [-0.2, -0.15) is 5.10 Å². The Labute approximate surface area is 129 Å². The average Bonchev–Trinajstić information content (AvgIpc) is 2.54. The molecule has 2 aromatic rings. The van der Waals surface area contributed by atoms with Gasteiger partial charge in [-0.15, -0.1) is 5.10 Å². The summed E-state index contributed by atoms with van der Waals surface area (Å²) in [4.78, 5) is 11.7. The third-order valence-corrected chi connectivity index (χ3v) is 2.86. The number of nitrogens with zero attached hydrogens (tertiary/aromatic N) is 2. The van der Waals surface area contributed by atoms with Crippen LogP contribution in [-0.2, 0) is 0 Å². The first-order valence-electron chi connectivity index (χ1n) is 6.90.